The zero-order valence-electron chi connectivity index (χ0n) is 13.8. The van der Waals surface area contributed by atoms with Gasteiger partial charge in [0.2, 0.25) is 0 Å². The molecule has 2 saturated carbocycles. The molecule has 6 nitrogen and oxygen atoms in total. The van der Waals surface area contributed by atoms with E-state index in [9.17, 15) is 19.2 Å². The van der Waals surface area contributed by atoms with Crippen molar-refractivity contribution in [2.45, 2.75) is 51.4 Å². The van der Waals surface area contributed by atoms with E-state index in [0.29, 0.717) is 0 Å². The molecule has 0 saturated heterocycles. The zero-order chi connectivity index (χ0) is 17.9. The largest absolute Gasteiger partial charge is 0.390 e. The first kappa shape index (κ1) is 19.8. The lowest BCUT2D eigenvalue weighted by Crippen LogP contribution is -2.17. The maximum atomic E-state index is 11.1. The number of hydrogen-bond donors (Lipinski definition) is 0. The van der Waals surface area contributed by atoms with E-state index < -0.39 is 23.9 Å². The van der Waals surface area contributed by atoms with Crippen LogP contribution in [0.5, 0.6) is 0 Å². The molecule has 2 aliphatic carbocycles. The van der Waals surface area contributed by atoms with Gasteiger partial charge in [0.05, 0.1) is 11.8 Å². The number of carbonyl (C=O) groups is 4. The van der Waals surface area contributed by atoms with Gasteiger partial charge in [0.15, 0.2) is 0 Å². The van der Waals surface area contributed by atoms with Crippen molar-refractivity contribution in [3.8, 4) is 0 Å². The Morgan fingerprint density at radius 2 is 0.958 bits per heavy atom. The Morgan fingerprint density at radius 1 is 0.667 bits per heavy atom. The molecule has 0 unspecified atom stereocenters. The van der Waals surface area contributed by atoms with Gasteiger partial charge in [0.25, 0.3) is 0 Å². The highest BCUT2D eigenvalue weighted by Gasteiger charge is 2.26. The number of ether oxygens (including phenoxy) is 2. The number of hydrogen-bond acceptors (Lipinski definition) is 6. The Kier molecular flexibility index (Phi) is 8.68. The normalized spacial score (nSPS) is 17.3. The molecular formula is C18H24O6. The van der Waals surface area contributed by atoms with E-state index in [-0.39, 0.29) is 11.8 Å². The van der Waals surface area contributed by atoms with Gasteiger partial charge in [-0.1, -0.05) is 38.8 Å². The molecule has 24 heavy (non-hydrogen) atoms. The van der Waals surface area contributed by atoms with Gasteiger partial charge < -0.3 is 9.47 Å². The Labute approximate surface area is 141 Å². The summed E-state index contributed by atoms with van der Waals surface area (Å²) in [6, 6.07) is 0. The summed E-state index contributed by atoms with van der Waals surface area (Å²) in [6.45, 7) is 6.43. The third kappa shape index (κ3) is 6.89. The van der Waals surface area contributed by atoms with Crippen LogP contribution in [0.3, 0.4) is 0 Å². The van der Waals surface area contributed by atoms with Crippen LogP contribution in [0, 0.1) is 11.8 Å². The molecule has 0 atom stereocenters. The van der Waals surface area contributed by atoms with Crippen molar-refractivity contribution in [3.63, 3.8) is 0 Å². The lowest BCUT2D eigenvalue weighted by Gasteiger charge is -2.05. The summed E-state index contributed by atoms with van der Waals surface area (Å²) in [5.74, 6) is -2.20. The minimum atomic E-state index is -0.646. The van der Waals surface area contributed by atoms with Crippen LogP contribution in [0.2, 0.25) is 0 Å². The summed E-state index contributed by atoms with van der Waals surface area (Å²) in [5.41, 5.74) is 0. The van der Waals surface area contributed by atoms with Crippen LogP contribution in [-0.4, -0.2) is 23.9 Å². The summed E-state index contributed by atoms with van der Waals surface area (Å²) < 4.78 is 8.98. The second kappa shape index (κ2) is 10.5. The number of rotatable bonds is 4. The highest BCUT2D eigenvalue weighted by molar-refractivity contribution is 5.93. The molecule has 0 radical (unpaired) electrons. The van der Waals surface area contributed by atoms with E-state index in [0.717, 1.165) is 63.5 Å². The fourth-order valence-electron chi connectivity index (χ4n) is 2.77. The van der Waals surface area contributed by atoms with Crippen molar-refractivity contribution in [2.24, 2.45) is 11.8 Å². The fraction of sp³-hybridized carbons (Fsp3) is 0.556. The van der Waals surface area contributed by atoms with Crippen LogP contribution in [-0.2, 0) is 28.7 Å². The predicted octanol–water partition coefficient (Wildman–Crippen LogP) is 2.86. The highest BCUT2D eigenvalue weighted by atomic mass is 16.6. The van der Waals surface area contributed by atoms with E-state index in [1.54, 1.807) is 0 Å². The van der Waals surface area contributed by atoms with Crippen LogP contribution in [0.4, 0.5) is 0 Å². The van der Waals surface area contributed by atoms with Crippen molar-refractivity contribution in [1.82, 2.24) is 0 Å². The monoisotopic (exact) mass is 336 g/mol. The molecule has 0 aromatic heterocycles. The van der Waals surface area contributed by atoms with Gasteiger partial charge in [-0.2, -0.15) is 0 Å². The summed E-state index contributed by atoms with van der Waals surface area (Å²) in [6.07, 6.45) is 9.65. The van der Waals surface area contributed by atoms with Crippen molar-refractivity contribution >= 4 is 23.9 Å². The molecule has 0 aromatic carbocycles. The van der Waals surface area contributed by atoms with E-state index in [4.69, 9.17) is 0 Å². The lowest BCUT2D eigenvalue weighted by molar-refractivity contribution is -0.161. The molecular weight excluding hydrogens is 312 g/mol. The van der Waals surface area contributed by atoms with Crippen molar-refractivity contribution in [2.75, 3.05) is 0 Å². The average Bonchev–Trinajstić information content (AvgIpc) is 3.28. The maximum absolute atomic E-state index is 11.1. The first-order valence-corrected chi connectivity index (χ1v) is 8.24. The van der Waals surface area contributed by atoms with E-state index in [2.05, 4.69) is 22.6 Å². The Morgan fingerprint density at radius 3 is 1.21 bits per heavy atom. The van der Waals surface area contributed by atoms with Gasteiger partial charge >= 0.3 is 23.9 Å². The van der Waals surface area contributed by atoms with Gasteiger partial charge in [0.1, 0.15) is 0 Å². The summed E-state index contributed by atoms with van der Waals surface area (Å²) >= 11 is 0. The van der Waals surface area contributed by atoms with E-state index in [1.165, 1.54) is 0 Å². The summed E-state index contributed by atoms with van der Waals surface area (Å²) in [7, 11) is 0. The van der Waals surface area contributed by atoms with Crippen molar-refractivity contribution < 1.29 is 28.7 Å². The molecule has 2 aliphatic rings. The molecule has 132 valence electrons. The molecule has 0 bridgehead atoms. The third-order valence-electron chi connectivity index (χ3n) is 4.11. The topological polar surface area (TPSA) is 86.7 Å². The van der Waals surface area contributed by atoms with Gasteiger partial charge in [0, 0.05) is 12.2 Å². The first-order chi connectivity index (χ1) is 11.5. The fourth-order valence-corrected chi connectivity index (χ4v) is 2.77. The molecule has 2 fully saturated rings. The standard InChI is InChI=1S/2C9H12O3/c2*1-2-8(10)12-9(11)7-5-3-4-6-7/h2*2,7H,1,3-6H2. The maximum Gasteiger partial charge on any atom is 0.337 e. The SMILES string of the molecule is C=CC(=O)OC(=O)C1CCCC1.C=CC(=O)OC(=O)C1CCCC1. The molecule has 0 N–H and O–H groups in total. The second-order valence-electron chi connectivity index (χ2n) is 5.85. The van der Waals surface area contributed by atoms with Gasteiger partial charge in [-0.25, -0.2) is 9.59 Å². The van der Waals surface area contributed by atoms with Crippen LogP contribution < -0.4 is 0 Å². The van der Waals surface area contributed by atoms with Crippen LogP contribution >= 0.6 is 0 Å². The molecule has 0 amide bonds. The highest BCUT2D eigenvalue weighted by Crippen LogP contribution is 2.26. The quantitative estimate of drug-likeness (QED) is 0.446. The molecule has 0 heterocycles. The average molecular weight is 336 g/mol. The van der Waals surface area contributed by atoms with Crippen molar-refractivity contribution in [1.29, 1.82) is 0 Å². The molecule has 0 aromatic rings. The Balaban J connectivity index is 0.000000240. The lowest BCUT2D eigenvalue weighted by atomic mass is 10.1. The molecule has 0 aliphatic heterocycles. The smallest absolute Gasteiger partial charge is 0.337 e. The minimum absolute atomic E-state index is 0.0612. The minimum Gasteiger partial charge on any atom is -0.390 e. The third-order valence-corrected chi connectivity index (χ3v) is 4.11. The summed E-state index contributed by atoms with van der Waals surface area (Å²) in [5, 5.41) is 0. The Hall–Kier alpha value is -2.24. The van der Waals surface area contributed by atoms with Gasteiger partial charge in [-0.3, -0.25) is 9.59 Å². The Bertz CT molecular complexity index is 450. The van der Waals surface area contributed by atoms with Crippen molar-refractivity contribution in [3.05, 3.63) is 25.3 Å². The van der Waals surface area contributed by atoms with Crippen LogP contribution in [0.25, 0.3) is 0 Å². The number of carbonyl (C=O) groups excluding carboxylic acids is 4. The van der Waals surface area contributed by atoms with Crippen LogP contribution in [0.1, 0.15) is 51.4 Å². The molecule has 6 heteroatoms. The van der Waals surface area contributed by atoms with Gasteiger partial charge in [-0.05, 0) is 25.7 Å². The van der Waals surface area contributed by atoms with Gasteiger partial charge in [-0.15, -0.1) is 0 Å². The van der Waals surface area contributed by atoms with E-state index in [1.807, 2.05) is 0 Å². The van der Waals surface area contributed by atoms with Crippen LogP contribution in [0.15, 0.2) is 25.3 Å². The summed E-state index contributed by atoms with van der Waals surface area (Å²) in [4.78, 5) is 43.5. The first-order valence-electron chi connectivity index (χ1n) is 8.24. The molecule has 0 spiro atoms. The molecule has 2 rings (SSSR count). The zero-order valence-corrected chi connectivity index (χ0v) is 13.8. The van der Waals surface area contributed by atoms with E-state index >= 15 is 0 Å². The second-order valence-corrected chi connectivity index (χ2v) is 5.85. The number of esters is 4. The predicted molar refractivity (Wildman–Crippen MR) is 86.5 cm³/mol.